The zero-order chi connectivity index (χ0) is 24.3. The number of fused-ring (bicyclic) bond motifs is 7. The number of nitrogens with zero attached hydrogens (tertiary/aromatic N) is 4. The second kappa shape index (κ2) is 7.70. The lowest BCUT2D eigenvalue weighted by Crippen LogP contribution is -2.03. The number of benzene rings is 5. The molecule has 5 aromatic carbocycles. The zero-order valence-corrected chi connectivity index (χ0v) is 19.8. The van der Waals surface area contributed by atoms with Crippen LogP contribution in [0.5, 0.6) is 0 Å². The normalized spacial score (nSPS) is 11.8. The molecule has 0 saturated carbocycles. The molecule has 0 aliphatic carbocycles. The maximum Gasteiger partial charge on any atom is 0.235 e. The molecule has 0 bridgehead atoms. The summed E-state index contributed by atoms with van der Waals surface area (Å²) in [5.74, 6) is 0.663. The highest BCUT2D eigenvalue weighted by atomic mass is 15.2. The van der Waals surface area contributed by atoms with E-state index in [4.69, 9.17) is 9.97 Å². The van der Waals surface area contributed by atoms with Crippen LogP contribution in [0.2, 0.25) is 0 Å². The summed E-state index contributed by atoms with van der Waals surface area (Å²) in [7, 11) is 0. The lowest BCUT2D eigenvalue weighted by molar-refractivity contribution is 1.01. The number of aromatic nitrogens is 4. The van der Waals surface area contributed by atoms with Gasteiger partial charge in [-0.15, -0.1) is 0 Å². The van der Waals surface area contributed by atoms with Crippen molar-refractivity contribution < 1.29 is 0 Å². The monoisotopic (exact) mass is 472 g/mol. The number of rotatable bonds is 2. The van der Waals surface area contributed by atoms with Crippen molar-refractivity contribution in [2.75, 3.05) is 0 Å². The van der Waals surface area contributed by atoms with Gasteiger partial charge < -0.3 is 0 Å². The molecule has 3 heterocycles. The van der Waals surface area contributed by atoms with Crippen molar-refractivity contribution in [3.05, 3.63) is 122 Å². The van der Waals surface area contributed by atoms with Crippen molar-refractivity contribution in [3.8, 4) is 17.2 Å². The Bertz CT molecular complexity index is 2140. The summed E-state index contributed by atoms with van der Waals surface area (Å²) in [6.07, 6.45) is 3.62. The predicted molar refractivity (Wildman–Crippen MR) is 152 cm³/mol. The third-order valence-corrected chi connectivity index (χ3v) is 7.27. The molecule has 37 heavy (non-hydrogen) atoms. The minimum atomic E-state index is 0.663. The molecule has 0 atom stereocenters. The minimum absolute atomic E-state index is 0.663. The molecule has 0 aliphatic rings. The highest BCUT2D eigenvalue weighted by Gasteiger charge is 2.19. The quantitative estimate of drug-likeness (QED) is 0.255. The zero-order valence-electron chi connectivity index (χ0n) is 19.8. The Morgan fingerprint density at radius 2 is 1.22 bits per heavy atom. The van der Waals surface area contributed by atoms with E-state index >= 15 is 0 Å². The first-order valence-corrected chi connectivity index (χ1v) is 12.4. The molecular weight excluding hydrogens is 452 g/mol. The molecule has 0 fully saturated rings. The van der Waals surface area contributed by atoms with Gasteiger partial charge in [0.15, 0.2) is 0 Å². The molecule has 4 nitrogen and oxygen atoms in total. The first-order chi connectivity index (χ1) is 18.3. The van der Waals surface area contributed by atoms with Crippen LogP contribution in [-0.4, -0.2) is 19.5 Å². The van der Waals surface area contributed by atoms with E-state index < -0.39 is 0 Å². The summed E-state index contributed by atoms with van der Waals surface area (Å²) in [6, 6.07) is 38.3. The molecule has 3 aromatic heterocycles. The van der Waals surface area contributed by atoms with Gasteiger partial charge in [0.2, 0.25) is 5.95 Å². The summed E-state index contributed by atoms with van der Waals surface area (Å²) in [5, 5.41) is 8.31. The number of pyridine rings is 1. The van der Waals surface area contributed by atoms with Crippen LogP contribution < -0.4 is 0 Å². The van der Waals surface area contributed by atoms with Gasteiger partial charge in [-0.25, -0.2) is 9.97 Å². The van der Waals surface area contributed by atoms with E-state index in [0.717, 1.165) is 33.2 Å². The first kappa shape index (κ1) is 20.1. The molecule has 172 valence electrons. The van der Waals surface area contributed by atoms with Crippen LogP contribution in [0, 0.1) is 0 Å². The van der Waals surface area contributed by atoms with Gasteiger partial charge in [0.05, 0.1) is 22.2 Å². The third kappa shape index (κ3) is 2.99. The van der Waals surface area contributed by atoms with Gasteiger partial charge in [0, 0.05) is 34.1 Å². The van der Waals surface area contributed by atoms with E-state index in [2.05, 4.69) is 94.5 Å². The highest BCUT2D eigenvalue weighted by Crippen LogP contribution is 2.39. The molecular formula is C33H20N4. The Kier molecular flexibility index (Phi) is 4.19. The van der Waals surface area contributed by atoms with E-state index in [9.17, 15) is 0 Å². The maximum absolute atomic E-state index is 5.20. The second-order valence-corrected chi connectivity index (χ2v) is 9.36. The summed E-state index contributed by atoms with van der Waals surface area (Å²) in [4.78, 5) is 14.5. The van der Waals surface area contributed by atoms with Crippen molar-refractivity contribution in [2.24, 2.45) is 0 Å². The van der Waals surface area contributed by atoms with Crippen LogP contribution in [0.15, 0.2) is 122 Å². The Morgan fingerprint density at radius 3 is 2.05 bits per heavy atom. The van der Waals surface area contributed by atoms with Crippen LogP contribution in [-0.2, 0) is 0 Å². The highest BCUT2D eigenvalue weighted by molar-refractivity contribution is 6.23. The van der Waals surface area contributed by atoms with E-state index in [0.29, 0.717) is 5.95 Å². The SMILES string of the molecule is c1ccc2cc3c(cc2c1)c1c2ccccc2ccc1n3-c1nc(-c2ccncc2)c2ccccc2n1. The van der Waals surface area contributed by atoms with Gasteiger partial charge in [-0.3, -0.25) is 9.55 Å². The Balaban J connectivity index is 1.57. The Labute approximate surface area is 212 Å². The van der Waals surface area contributed by atoms with Crippen LogP contribution in [0.25, 0.3) is 71.5 Å². The van der Waals surface area contributed by atoms with Crippen LogP contribution >= 0.6 is 0 Å². The smallest absolute Gasteiger partial charge is 0.235 e. The minimum Gasteiger partial charge on any atom is -0.278 e. The van der Waals surface area contributed by atoms with Crippen molar-refractivity contribution in [3.63, 3.8) is 0 Å². The van der Waals surface area contributed by atoms with E-state index in [-0.39, 0.29) is 0 Å². The summed E-state index contributed by atoms with van der Waals surface area (Å²) in [6.45, 7) is 0. The fourth-order valence-corrected chi connectivity index (χ4v) is 5.58. The number of para-hydroxylation sites is 1. The molecule has 4 heteroatoms. The molecule has 8 aromatic rings. The van der Waals surface area contributed by atoms with E-state index in [1.54, 1.807) is 0 Å². The van der Waals surface area contributed by atoms with Gasteiger partial charge in [-0.1, -0.05) is 72.8 Å². The topological polar surface area (TPSA) is 43.6 Å². The second-order valence-electron chi connectivity index (χ2n) is 9.36. The van der Waals surface area contributed by atoms with Crippen LogP contribution in [0.4, 0.5) is 0 Å². The van der Waals surface area contributed by atoms with Crippen LogP contribution in [0.3, 0.4) is 0 Å². The third-order valence-electron chi connectivity index (χ3n) is 7.27. The van der Waals surface area contributed by atoms with Gasteiger partial charge in [-0.05, 0) is 57.9 Å². The standard InChI is InChI=1S/C33H20N4/c1-2-9-24-20-30-27(19-23(24)8-1)31-25-10-4-3-7-21(25)13-14-29(31)37(30)33-35-28-12-6-5-11-26(28)32(36-33)22-15-17-34-18-16-22/h1-20H. The lowest BCUT2D eigenvalue weighted by atomic mass is 10.0. The Morgan fingerprint density at radius 1 is 0.514 bits per heavy atom. The average Bonchev–Trinajstić information content (AvgIpc) is 3.29. The van der Waals surface area contributed by atoms with Crippen molar-refractivity contribution in [1.29, 1.82) is 0 Å². The van der Waals surface area contributed by atoms with Crippen molar-refractivity contribution in [2.45, 2.75) is 0 Å². The summed E-state index contributed by atoms with van der Waals surface area (Å²) >= 11 is 0. The fourth-order valence-electron chi connectivity index (χ4n) is 5.58. The van der Waals surface area contributed by atoms with E-state index in [1.807, 2.05) is 36.7 Å². The number of hydrogen-bond acceptors (Lipinski definition) is 3. The first-order valence-electron chi connectivity index (χ1n) is 12.4. The molecule has 8 rings (SSSR count). The van der Waals surface area contributed by atoms with Crippen molar-refractivity contribution >= 4 is 54.3 Å². The average molecular weight is 473 g/mol. The van der Waals surface area contributed by atoms with E-state index in [1.165, 1.54) is 32.3 Å². The molecule has 0 aliphatic heterocycles. The molecule has 0 N–H and O–H groups in total. The fraction of sp³-hybridized carbons (Fsp3) is 0. The lowest BCUT2D eigenvalue weighted by Gasteiger charge is -2.12. The maximum atomic E-state index is 5.20. The van der Waals surface area contributed by atoms with Gasteiger partial charge in [-0.2, -0.15) is 0 Å². The summed E-state index contributed by atoms with van der Waals surface area (Å²) < 4.78 is 2.22. The predicted octanol–water partition coefficient (Wildman–Crippen LogP) is 8.10. The molecule has 0 saturated heterocycles. The molecule has 0 spiro atoms. The van der Waals surface area contributed by atoms with Gasteiger partial charge >= 0.3 is 0 Å². The van der Waals surface area contributed by atoms with Gasteiger partial charge in [0.25, 0.3) is 0 Å². The largest absolute Gasteiger partial charge is 0.278 e. The van der Waals surface area contributed by atoms with Crippen molar-refractivity contribution in [1.82, 2.24) is 19.5 Å². The molecule has 0 amide bonds. The molecule has 0 unspecified atom stereocenters. The number of hydrogen-bond donors (Lipinski definition) is 0. The van der Waals surface area contributed by atoms with Crippen LogP contribution in [0.1, 0.15) is 0 Å². The van der Waals surface area contributed by atoms with Gasteiger partial charge in [0.1, 0.15) is 0 Å². The molecule has 0 radical (unpaired) electrons. The summed E-state index contributed by atoms with van der Waals surface area (Å²) in [5.41, 5.74) is 5.03. The Hall–Kier alpha value is -5.09.